The lowest BCUT2D eigenvalue weighted by Gasteiger charge is -2.22. The lowest BCUT2D eigenvalue weighted by Crippen LogP contribution is -2.35. The Kier molecular flexibility index (Phi) is 7.63. The van der Waals surface area contributed by atoms with E-state index in [4.69, 9.17) is 37.9 Å². The van der Waals surface area contributed by atoms with Gasteiger partial charge in [0.05, 0.1) is 34.3 Å². The normalized spacial score (nSPS) is 18.0. The van der Waals surface area contributed by atoms with Crippen LogP contribution in [0.15, 0.2) is 36.7 Å². The zero-order chi connectivity index (χ0) is 23.4. The summed E-state index contributed by atoms with van der Waals surface area (Å²) in [5.74, 6) is 1.49. The number of nitrogens with zero attached hydrogens (tertiary/aromatic N) is 5. The number of ether oxygens (including phenoxy) is 1. The first-order valence-corrected chi connectivity index (χ1v) is 12.0. The summed E-state index contributed by atoms with van der Waals surface area (Å²) in [5.41, 5.74) is 3.41. The second-order valence-electron chi connectivity index (χ2n) is 7.84. The Bertz CT molecular complexity index is 1100. The summed E-state index contributed by atoms with van der Waals surface area (Å²) in [7, 11) is 0. The SMILES string of the molecule is CCO[C@H]1CN(c2ncccn2)C[C@H]1Nc1nc(CC)c(-c2ccc(Cl)cc2Cl)nc1CC. The van der Waals surface area contributed by atoms with Crippen molar-refractivity contribution in [2.45, 2.75) is 45.8 Å². The number of aromatic nitrogens is 4. The second-order valence-corrected chi connectivity index (χ2v) is 8.69. The molecule has 0 aliphatic carbocycles. The maximum Gasteiger partial charge on any atom is 0.225 e. The highest BCUT2D eigenvalue weighted by atomic mass is 35.5. The van der Waals surface area contributed by atoms with E-state index in [9.17, 15) is 0 Å². The van der Waals surface area contributed by atoms with Gasteiger partial charge in [-0.2, -0.15) is 0 Å². The van der Waals surface area contributed by atoms with Gasteiger partial charge in [-0.25, -0.2) is 19.9 Å². The smallest absolute Gasteiger partial charge is 0.225 e. The summed E-state index contributed by atoms with van der Waals surface area (Å²) in [4.78, 5) is 20.9. The van der Waals surface area contributed by atoms with Crippen molar-refractivity contribution in [1.82, 2.24) is 19.9 Å². The van der Waals surface area contributed by atoms with Gasteiger partial charge < -0.3 is 15.0 Å². The number of anilines is 2. The first kappa shape index (κ1) is 23.7. The van der Waals surface area contributed by atoms with Crippen molar-refractivity contribution in [2.24, 2.45) is 0 Å². The highest BCUT2D eigenvalue weighted by molar-refractivity contribution is 6.36. The Hall–Kier alpha value is -2.48. The Morgan fingerprint density at radius 1 is 1.03 bits per heavy atom. The molecule has 1 saturated heterocycles. The lowest BCUT2D eigenvalue weighted by atomic mass is 10.1. The molecule has 1 N–H and O–H groups in total. The third kappa shape index (κ3) is 5.21. The van der Waals surface area contributed by atoms with Crippen molar-refractivity contribution in [2.75, 3.05) is 29.9 Å². The van der Waals surface area contributed by atoms with E-state index < -0.39 is 0 Å². The molecule has 7 nitrogen and oxygen atoms in total. The largest absolute Gasteiger partial charge is 0.374 e. The highest BCUT2D eigenvalue weighted by Crippen LogP contribution is 2.33. The molecule has 2 aromatic heterocycles. The molecule has 174 valence electrons. The molecule has 1 aromatic carbocycles. The minimum Gasteiger partial charge on any atom is -0.374 e. The van der Waals surface area contributed by atoms with Crippen LogP contribution in [0.2, 0.25) is 10.0 Å². The predicted octanol–water partition coefficient (Wildman–Crippen LogP) is 5.07. The fourth-order valence-corrected chi connectivity index (χ4v) is 4.60. The van der Waals surface area contributed by atoms with Crippen LogP contribution < -0.4 is 10.2 Å². The molecule has 0 spiro atoms. The molecule has 4 rings (SSSR count). The molecule has 0 amide bonds. The van der Waals surface area contributed by atoms with Crippen molar-refractivity contribution >= 4 is 35.0 Å². The average Bonchev–Trinajstić information content (AvgIpc) is 3.22. The van der Waals surface area contributed by atoms with E-state index in [1.54, 1.807) is 18.5 Å². The fourth-order valence-electron chi connectivity index (χ4n) is 4.10. The molecular weight excluding hydrogens is 459 g/mol. The van der Waals surface area contributed by atoms with Crippen LogP contribution in [0.1, 0.15) is 32.2 Å². The van der Waals surface area contributed by atoms with E-state index in [-0.39, 0.29) is 12.1 Å². The van der Waals surface area contributed by atoms with Crippen molar-refractivity contribution in [3.63, 3.8) is 0 Å². The number of nitrogens with one attached hydrogen (secondary N) is 1. The Labute approximate surface area is 204 Å². The van der Waals surface area contributed by atoms with Crippen LogP contribution in [0.25, 0.3) is 11.3 Å². The van der Waals surface area contributed by atoms with Gasteiger partial charge in [0.2, 0.25) is 5.95 Å². The van der Waals surface area contributed by atoms with Crippen LogP contribution in [0.5, 0.6) is 0 Å². The Morgan fingerprint density at radius 3 is 2.45 bits per heavy atom. The minimum atomic E-state index is -0.0132. The van der Waals surface area contributed by atoms with Gasteiger partial charge in [-0.3, -0.25) is 0 Å². The van der Waals surface area contributed by atoms with E-state index in [2.05, 4.69) is 34.0 Å². The summed E-state index contributed by atoms with van der Waals surface area (Å²) < 4.78 is 6.05. The van der Waals surface area contributed by atoms with Crippen LogP contribution in [-0.4, -0.2) is 51.8 Å². The zero-order valence-corrected chi connectivity index (χ0v) is 20.6. The molecule has 0 bridgehead atoms. The van der Waals surface area contributed by atoms with E-state index >= 15 is 0 Å². The number of hydrogen-bond donors (Lipinski definition) is 1. The Balaban J connectivity index is 1.65. The first-order valence-electron chi connectivity index (χ1n) is 11.3. The second kappa shape index (κ2) is 10.6. The minimum absolute atomic E-state index is 0.0132. The van der Waals surface area contributed by atoms with Crippen LogP contribution in [0, 0.1) is 0 Å². The van der Waals surface area contributed by atoms with Crippen molar-refractivity contribution in [3.05, 3.63) is 58.1 Å². The highest BCUT2D eigenvalue weighted by Gasteiger charge is 2.35. The van der Waals surface area contributed by atoms with E-state index in [0.717, 1.165) is 41.3 Å². The summed E-state index contributed by atoms with van der Waals surface area (Å²) in [6.07, 6.45) is 4.96. The van der Waals surface area contributed by atoms with E-state index in [0.29, 0.717) is 35.7 Å². The van der Waals surface area contributed by atoms with Gasteiger partial charge in [-0.15, -0.1) is 0 Å². The average molecular weight is 487 g/mol. The van der Waals surface area contributed by atoms with Gasteiger partial charge in [0.25, 0.3) is 0 Å². The monoisotopic (exact) mass is 486 g/mol. The topological polar surface area (TPSA) is 76.1 Å². The number of halogens is 2. The predicted molar refractivity (Wildman–Crippen MR) is 133 cm³/mol. The maximum atomic E-state index is 6.49. The van der Waals surface area contributed by atoms with Gasteiger partial charge >= 0.3 is 0 Å². The van der Waals surface area contributed by atoms with Crippen LogP contribution in [0.4, 0.5) is 11.8 Å². The molecule has 0 radical (unpaired) electrons. The number of benzene rings is 1. The molecular formula is C24H28Cl2N6O. The molecule has 0 saturated carbocycles. The maximum absolute atomic E-state index is 6.49. The van der Waals surface area contributed by atoms with Crippen LogP contribution >= 0.6 is 23.2 Å². The van der Waals surface area contributed by atoms with E-state index in [1.807, 2.05) is 25.1 Å². The molecule has 2 atom stereocenters. The summed E-state index contributed by atoms with van der Waals surface area (Å²) in [6.45, 7) is 8.21. The summed E-state index contributed by atoms with van der Waals surface area (Å²) >= 11 is 12.6. The van der Waals surface area contributed by atoms with Crippen LogP contribution in [-0.2, 0) is 17.6 Å². The van der Waals surface area contributed by atoms with Crippen molar-refractivity contribution < 1.29 is 4.74 Å². The molecule has 3 heterocycles. The summed E-state index contributed by atoms with van der Waals surface area (Å²) in [5, 5.41) is 4.79. The third-order valence-corrected chi connectivity index (χ3v) is 6.25. The number of rotatable bonds is 8. The number of aryl methyl sites for hydroxylation is 2. The zero-order valence-electron chi connectivity index (χ0n) is 19.1. The molecule has 1 aliphatic heterocycles. The molecule has 0 unspecified atom stereocenters. The lowest BCUT2D eigenvalue weighted by molar-refractivity contribution is 0.0719. The molecule has 1 fully saturated rings. The van der Waals surface area contributed by atoms with Crippen LogP contribution in [0.3, 0.4) is 0 Å². The molecule has 33 heavy (non-hydrogen) atoms. The standard InChI is InChI=1S/C24H28Cl2N6O/c1-4-18-22(16-9-8-15(25)12-17(16)26)29-19(5-2)23(30-18)31-20-13-32(14-21(20)33-6-3)24-27-10-7-11-28-24/h7-12,20-21H,4-6,13-14H2,1-3H3,(H,30,31)/t20-,21+/m1/s1. The molecule has 1 aliphatic rings. The first-order chi connectivity index (χ1) is 16.0. The molecule has 3 aromatic rings. The van der Waals surface area contributed by atoms with Gasteiger partial charge in [-0.05, 0) is 44.0 Å². The van der Waals surface area contributed by atoms with Crippen molar-refractivity contribution in [3.8, 4) is 11.3 Å². The van der Waals surface area contributed by atoms with Gasteiger partial charge in [-0.1, -0.05) is 37.0 Å². The quantitative estimate of drug-likeness (QED) is 0.475. The fraction of sp³-hybridized carbons (Fsp3) is 0.417. The molecule has 9 heteroatoms. The summed E-state index contributed by atoms with van der Waals surface area (Å²) in [6, 6.07) is 7.32. The van der Waals surface area contributed by atoms with Crippen molar-refractivity contribution in [1.29, 1.82) is 0 Å². The van der Waals surface area contributed by atoms with Gasteiger partial charge in [0, 0.05) is 42.7 Å². The third-order valence-electron chi connectivity index (χ3n) is 5.70. The van der Waals surface area contributed by atoms with Gasteiger partial charge in [0.1, 0.15) is 5.82 Å². The van der Waals surface area contributed by atoms with Gasteiger partial charge in [0.15, 0.2) is 0 Å². The van der Waals surface area contributed by atoms with E-state index in [1.165, 1.54) is 0 Å². The Morgan fingerprint density at radius 2 is 1.79 bits per heavy atom. The number of hydrogen-bond acceptors (Lipinski definition) is 7.